The number of nitrogens with zero attached hydrogens (tertiary/aromatic N) is 3. The fourth-order valence-corrected chi connectivity index (χ4v) is 4.82. The number of aliphatic hydroxyl groups is 1. The van der Waals surface area contributed by atoms with E-state index in [9.17, 15) is 9.50 Å². The van der Waals surface area contributed by atoms with Gasteiger partial charge < -0.3 is 5.11 Å². The smallest absolute Gasteiger partial charge is 0.137 e. The average Bonchev–Trinajstić information content (AvgIpc) is 3.41. The zero-order valence-corrected chi connectivity index (χ0v) is 18.9. The zero-order chi connectivity index (χ0) is 22.1. The fourth-order valence-electron chi connectivity index (χ4n) is 4.15. The van der Waals surface area contributed by atoms with E-state index < -0.39 is 17.2 Å². The Kier molecular flexibility index (Phi) is 8.72. The number of rotatable bonds is 13. The second kappa shape index (κ2) is 11.5. The van der Waals surface area contributed by atoms with Crippen molar-refractivity contribution >= 4 is 11.3 Å². The first kappa shape index (κ1) is 23.5. The molecule has 31 heavy (non-hydrogen) atoms. The molecule has 2 heterocycles. The second-order valence-electron chi connectivity index (χ2n) is 8.23. The number of thiophene rings is 1. The van der Waals surface area contributed by atoms with E-state index in [-0.39, 0.29) is 18.5 Å². The third-order valence-corrected chi connectivity index (χ3v) is 6.35. The van der Waals surface area contributed by atoms with Crippen molar-refractivity contribution in [2.75, 3.05) is 0 Å². The number of aryl methyl sites for hydroxylation is 1. The third kappa shape index (κ3) is 6.68. The molecule has 1 N–H and O–H groups in total. The summed E-state index contributed by atoms with van der Waals surface area (Å²) in [5, 5.41) is 19.7. The van der Waals surface area contributed by atoms with Crippen LogP contribution in [0, 0.1) is 11.6 Å². The summed E-state index contributed by atoms with van der Waals surface area (Å²) in [6.07, 6.45) is 11.4. The van der Waals surface area contributed by atoms with Crippen molar-refractivity contribution < 1.29 is 13.9 Å². The molecule has 0 aliphatic heterocycles. The van der Waals surface area contributed by atoms with Gasteiger partial charge in [-0.1, -0.05) is 45.4 Å². The summed E-state index contributed by atoms with van der Waals surface area (Å²) in [6, 6.07) is 4.15. The Morgan fingerprint density at radius 2 is 1.87 bits per heavy atom. The average molecular weight is 448 g/mol. The van der Waals surface area contributed by atoms with Gasteiger partial charge in [-0.05, 0) is 46.9 Å². The van der Waals surface area contributed by atoms with Gasteiger partial charge in [0.05, 0.1) is 6.54 Å². The van der Waals surface area contributed by atoms with Gasteiger partial charge in [-0.15, -0.1) is 0 Å². The number of hydrogen-bond donors (Lipinski definition) is 1. The van der Waals surface area contributed by atoms with E-state index in [0.717, 1.165) is 30.9 Å². The summed E-state index contributed by atoms with van der Waals surface area (Å²) in [5.74, 6) is -1.33. The van der Waals surface area contributed by atoms with Crippen molar-refractivity contribution in [1.82, 2.24) is 14.8 Å². The summed E-state index contributed by atoms with van der Waals surface area (Å²) in [6.45, 7) is 2.23. The Hall–Kier alpha value is -2.12. The highest BCUT2D eigenvalue weighted by molar-refractivity contribution is 7.07. The molecule has 2 aromatic heterocycles. The SMILES string of the molecule is CCCCCCCCCc1cc(F)cc(F)c1C(O)(Cc1ccsc1)Cn1cncn1. The minimum Gasteiger partial charge on any atom is -0.383 e. The predicted octanol–water partition coefficient (Wildman–Crippen LogP) is 6.04. The summed E-state index contributed by atoms with van der Waals surface area (Å²) in [4.78, 5) is 3.94. The van der Waals surface area contributed by atoms with Crippen LogP contribution in [0.2, 0.25) is 0 Å². The van der Waals surface area contributed by atoms with Crippen molar-refractivity contribution in [2.24, 2.45) is 0 Å². The van der Waals surface area contributed by atoms with Crippen molar-refractivity contribution in [2.45, 2.75) is 76.9 Å². The fraction of sp³-hybridized carbons (Fsp3) is 0.500. The Bertz CT molecular complexity index is 877. The highest BCUT2D eigenvalue weighted by Gasteiger charge is 2.36. The maximum Gasteiger partial charge on any atom is 0.137 e. The lowest BCUT2D eigenvalue weighted by Gasteiger charge is -2.31. The van der Waals surface area contributed by atoms with Crippen LogP contribution in [0.4, 0.5) is 8.78 Å². The highest BCUT2D eigenvalue weighted by atomic mass is 32.1. The van der Waals surface area contributed by atoms with Crippen LogP contribution >= 0.6 is 11.3 Å². The zero-order valence-electron chi connectivity index (χ0n) is 18.1. The maximum atomic E-state index is 15.1. The molecule has 1 atom stereocenters. The minimum absolute atomic E-state index is 0.0371. The number of aromatic nitrogens is 3. The first-order chi connectivity index (χ1) is 15.0. The Morgan fingerprint density at radius 1 is 1.10 bits per heavy atom. The highest BCUT2D eigenvalue weighted by Crippen LogP contribution is 2.34. The molecule has 0 amide bonds. The van der Waals surface area contributed by atoms with Gasteiger partial charge in [0, 0.05) is 18.1 Å². The Balaban J connectivity index is 1.83. The molecule has 1 aromatic carbocycles. The van der Waals surface area contributed by atoms with Crippen LogP contribution in [0.3, 0.4) is 0 Å². The van der Waals surface area contributed by atoms with Crippen molar-refractivity contribution in [3.8, 4) is 0 Å². The van der Waals surface area contributed by atoms with E-state index in [0.29, 0.717) is 12.0 Å². The molecule has 0 aliphatic rings. The van der Waals surface area contributed by atoms with Gasteiger partial charge in [-0.3, -0.25) is 0 Å². The molecule has 0 saturated heterocycles. The molecule has 0 aliphatic carbocycles. The lowest BCUT2D eigenvalue weighted by Crippen LogP contribution is -2.36. The first-order valence-corrected chi connectivity index (χ1v) is 12.0. The molecule has 0 spiro atoms. The minimum atomic E-state index is -1.57. The van der Waals surface area contributed by atoms with Crippen LogP contribution in [0.5, 0.6) is 0 Å². The third-order valence-electron chi connectivity index (χ3n) is 5.62. The molecular weight excluding hydrogens is 416 g/mol. The predicted molar refractivity (Wildman–Crippen MR) is 120 cm³/mol. The van der Waals surface area contributed by atoms with E-state index >= 15 is 4.39 Å². The van der Waals surface area contributed by atoms with E-state index in [4.69, 9.17) is 0 Å². The summed E-state index contributed by atoms with van der Waals surface area (Å²) in [5.41, 5.74) is 0.0342. The van der Waals surface area contributed by atoms with Gasteiger partial charge in [-0.2, -0.15) is 16.4 Å². The topological polar surface area (TPSA) is 50.9 Å². The molecule has 0 bridgehead atoms. The molecular formula is C24H31F2N3OS. The van der Waals surface area contributed by atoms with Crippen LogP contribution in [0.1, 0.15) is 68.6 Å². The molecule has 1 unspecified atom stereocenters. The largest absolute Gasteiger partial charge is 0.383 e. The van der Waals surface area contributed by atoms with Gasteiger partial charge >= 0.3 is 0 Å². The van der Waals surface area contributed by atoms with Crippen molar-refractivity contribution in [3.05, 3.63) is 69.9 Å². The van der Waals surface area contributed by atoms with Crippen LogP contribution < -0.4 is 0 Å². The van der Waals surface area contributed by atoms with Crippen LogP contribution in [0.25, 0.3) is 0 Å². The first-order valence-electron chi connectivity index (χ1n) is 11.1. The molecule has 3 rings (SSSR count). The Labute approximate surface area is 187 Å². The van der Waals surface area contributed by atoms with Crippen LogP contribution in [-0.4, -0.2) is 19.9 Å². The quantitative estimate of drug-likeness (QED) is 0.325. The van der Waals surface area contributed by atoms with Crippen molar-refractivity contribution in [3.63, 3.8) is 0 Å². The van der Waals surface area contributed by atoms with E-state index in [1.807, 2.05) is 16.8 Å². The van der Waals surface area contributed by atoms with Crippen molar-refractivity contribution in [1.29, 1.82) is 0 Å². The summed E-state index contributed by atoms with van der Waals surface area (Å²) < 4.78 is 30.7. The monoisotopic (exact) mass is 447 g/mol. The van der Waals surface area contributed by atoms with Gasteiger partial charge in [0.1, 0.15) is 29.9 Å². The lowest BCUT2D eigenvalue weighted by atomic mass is 9.83. The van der Waals surface area contributed by atoms with Crippen LogP contribution in [-0.2, 0) is 25.0 Å². The van der Waals surface area contributed by atoms with Gasteiger partial charge in [0.15, 0.2) is 0 Å². The normalized spacial score (nSPS) is 13.4. The second-order valence-corrected chi connectivity index (χ2v) is 9.01. The Morgan fingerprint density at radius 3 is 2.55 bits per heavy atom. The van der Waals surface area contributed by atoms with Gasteiger partial charge in [-0.25, -0.2) is 18.4 Å². The lowest BCUT2D eigenvalue weighted by molar-refractivity contribution is 0.0108. The molecule has 7 heteroatoms. The van der Waals surface area contributed by atoms with E-state index in [1.54, 1.807) is 0 Å². The molecule has 168 valence electrons. The maximum absolute atomic E-state index is 15.1. The number of unbranched alkanes of at least 4 members (excludes halogenated alkanes) is 6. The molecule has 0 radical (unpaired) electrons. The summed E-state index contributed by atoms with van der Waals surface area (Å²) in [7, 11) is 0. The number of halogens is 2. The van der Waals surface area contributed by atoms with E-state index in [2.05, 4.69) is 17.0 Å². The van der Waals surface area contributed by atoms with Crippen LogP contribution in [0.15, 0.2) is 41.6 Å². The summed E-state index contributed by atoms with van der Waals surface area (Å²) >= 11 is 1.52. The van der Waals surface area contributed by atoms with Gasteiger partial charge in [0.25, 0.3) is 0 Å². The number of hydrogen-bond acceptors (Lipinski definition) is 4. The molecule has 0 saturated carbocycles. The molecule has 4 nitrogen and oxygen atoms in total. The molecule has 3 aromatic rings. The molecule has 0 fully saturated rings. The van der Waals surface area contributed by atoms with Gasteiger partial charge in [0.2, 0.25) is 0 Å². The van der Waals surface area contributed by atoms with E-state index in [1.165, 1.54) is 60.4 Å². The number of benzene rings is 1. The standard InChI is InChI=1S/C24H31F2N3OS/c1-2-3-4-5-6-7-8-9-20-12-21(25)13-22(26)23(20)24(30,14-19-10-11-31-15-19)16-29-18-27-17-28-29/h10-13,15,17-18,30H,2-9,14,16H2,1H3.